The van der Waals surface area contributed by atoms with Gasteiger partial charge in [0.2, 0.25) is 0 Å². The van der Waals surface area contributed by atoms with Crippen molar-refractivity contribution in [2.45, 2.75) is 45.5 Å². The van der Waals surface area contributed by atoms with Gasteiger partial charge in [0.15, 0.2) is 0 Å². The monoisotopic (exact) mass is 264 g/mol. The molecule has 4 nitrogen and oxygen atoms in total. The van der Waals surface area contributed by atoms with Crippen molar-refractivity contribution >= 4 is 12.6 Å². The largest absolute Gasteiger partial charge is 0.508 e. The molecule has 2 rings (SSSR count). The zero-order valence-corrected chi connectivity index (χ0v) is 12.2. The Morgan fingerprint density at radius 1 is 1.16 bits per heavy atom. The Balaban J connectivity index is 2.32. The van der Waals surface area contributed by atoms with Gasteiger partial charge < -0.3 is 19.2 Å². The molecule has 0 spiro atoms. The van der Waals surface area contributed by atoms with Crippen LogP contribution in [-0.2, 0) is 20.7 Å². The molecule has 1 aliphatic heterocycles. The van der Waals surface area contributed by atoms with Gasteiger partial charge in [-0.1, -0.05) is 18.2 Å². The number of hydrogen-bond acceptors (Lipinski definition) is 4. The van der Waals surface area contributed by atoms with Gasteiger partial charge >= 0.3 is 7.12 Å². The quantitative estimate of drug-likeness (QED) is 0.846. The molecular weight excluding hydrogens is 243 g/mol. The van der Waals surface area contributed by atoms with Crippen molar-refractivity contribution in [2.24, 2.45) is 0 Å². The SMILES string of the molecule is COCc1cccc(B2OC(C)(C)C(C)(C)O2)c1O. The Bertz CT molecular complexity index is 455. The Labute approximate surface area is 114 Å². The van der Waals surface area contributed by atoms with Crippen molar-refractivity contribution < 1.29 is 19.2 Å². The van der Waals surface area contributed by atoms with Crippen LogP contribution in [0.4, 0.5) is 0 Å². The summed E-state index contributed by atoms with van der Waals surface area (Å²) in [6.45, 7) is 8.32. The molecule has 0 radical (unpaired) electrons. The highest BCUT2D eigenvalue weighted by atomic mass is 16.7. The standard InChI is InChI=1S/C14H21BO4/c1-13(2)14(3,4)19-15(18-13)11-8-6-7-10(9-17-5)12(11)16/h6-8,16H,9H2,1-5H3. The minimum absolute atomic E-state index is 0.183. The molecule has 0 amide bonds. The van der Waals surface area contributed by atoms with Crippen LogP contribution < -0.4 is 5.46 Å². The van der Waals surface area contributed by atoms with Gasteiger partial charge in [-0.2, -0.15) is 0 Å². The lowest BCUT2D eigenvalue weighted by atomic mass is 9.77. The summed E-state index contributed by atoms with van der Waals surface area (Å²) in [5.41, 5.74) is 0.547. The number of hydrogen-bond donors (Lipinski definition) is 1. The molecule has 104 valence electrons. The number of para-hydroxylation sites is 1. The summed E-state index contributed by atoms with van der Waals surface area (Å²) >= 11 is 0. The molecule has 0 saturated carbocycles. The Kier molecular flexibility index (Phi) is 3.64. The Hall–Kier alpha value is -1.04. The first kappa shape index (κ1) is 14.4. The maximum atomic E-state index is 10.3. The van der Waals surface area contributed by atoms with E-state index in [9.17, 15) is 5.11 Å². The molecule has 1 aromatic rings. The topological polar surface area (TPSA) is 47.9 Å². The van der Waals surface area contributed by atoms with Crippen LogP contribution in [-0.4, -0.2) is 30.5 Å². The molecule has 1 saturated heterocycles. The van der Waals surface area contributed by atoms with E-state index in [1.807, 2.05) is 45.9 Å². The number of ether oxygens (including phenoxy) is 1. The van der Waals surface area contributed by atoms with Crippen molar-refractivity contribution in [3.63, 3.8) is 0 Å². The lowest BCUT2D eigenvalue weighted by Gasteiger charge is -2.32. The molecule has 19 heavy (non-hydrogen) atoms. The third kappa shape index (κ3) is 2.50. The molecule has 1 heterocycles. The fourth-order valence-corrected chi connectivity index (χ4v) is 2.04. The average Bonchev–Trinajstić information content (AvgIpc) is 2.51. The highest BCUT2D eigenvalue weighted by Gasteiger charge is 2.52. The average molecular weight is 264 g/mol. The molecule has 0 aromatic heterocycles. The minimum Gasteiger partial charge on any atom is -0.508 e. The predicted octanol–water partition coefficient (Wildman–Crippen LogP) is 1.84. The van der Waals surface area contributed by atoms with Gasteiger partial charge in [-0.15, -0.1) is 0 Å². The van der Waals surface area contributed by atoms with Crippen molar-refractivity contribution in [3.05, 3.63) is 23.8 Å². The molecule has 0 atom stereocenters. The second kappa shape index (κ2) is 4.82. The molecule has 1 fully saturated rings. The van der Waals surface area contributed by atoms with Crippen LogP contribution in [0.1, 0.15) is 33.3 Å². The first-order valence-electron chi connectivity index (χ1n) is 6.44. The summed E-state index contributed by atoms with van der Waals surface area (Å²) in [5.74, 6) is 0.183. The Morgan fingerprint density at radius 3 is 2.26 bits per heavy atom. The van der Waals surface area contributed by atoms with Crippen LogP contribution in [0.15, 0.2) is 18.2 Å². The number of rotatable bonds is 3. The van der Waals surface area contributed by atoms with E-state index in [1.165, 1.54) is 0 Å². The first-order valence-corrected chi connectivity index (χ1v) is 6.44. The molecule has 5 heteroatoms. The van der Waals surface area contributed by atoms with E-state index in [-0.39, 0.29) is 5.75 Å². The summed E-state index contributed by atoms with van der Waals surface area (Å²) in [4.78, 5) is 0. The minimum atomic E-state index is -0.554. The van der Waals surface area contributed by atoms with Crippen LogP contribution >= 0.6 is 0 Å². The summed E-state index contributed by atoms with van der Waals surface area (Å²) in [6, 6.07) is 5.51. The molecular formula is C14H21BO4. The smallest absolute Gasteiger partial charge is 0.498 e. The van der Waals surface area contributed by atoms with E-state index < -0.39 is 18.3 Å². The third-order valence-electron chi connectivity index (χ3n) is 3.96. The zero-order valence-electron chi connectivity index (χ0n) is 12.2. The van der Waals surface area contributed by atoms with Gasteiger partial charge in [0, 0.05) is 18.1 Å². The fourth-order valence-electron chi connectivity index (χ4n) is 2.04. The van der Waals surface area contributed by atoms with Crippen LogP contribution in [0.5, 0.6) is 5.75 Å². The molecule has 0 unspecified atom stereocenters. The predicted molar refractivity (Wildman–Crippen MR) is 74.5 cm³/mol. The fraction of sp³-hybridized carbons (Fsp3) is 0.571. The van der Waals surface area contributed by atoms with Gasteiger partial charge in [0.1, 0.15) is 5.75 Å². The first-order chi connectivity index (χ1) is 8.78. The van der Waals surface area contributed by atoms with Gasteiger partial charge in [0.25, 0.3) is 0 Å². The van der Waals surface area contributed by atoms with E-state index >= 15 is 0 Å². The Morgan fingerprint density at radius 2 is 1.74 bits per heavy atom. The third-order valence-corrected chi connectivity index (χ3v) is 3.96. The van der Waals surface area contributed by atoms with Crippen LogP contribution in [0.25, 0.3) is 0 Å². The second-order valence-corrected chi connectivity index (χ2v) is 5.88. The van der Waals surface area contributed by atoms with E-state index in [4.69, 9.17) is 14.0 Å². The highest BCUT2D eigenvalue weighted by molar-refractivity contribution is 6.63. The molecule has 0 aliphatic carbocycles. The highest BCUT2D eigenvalue weighted by Crippen LogP contribution is 2.37. The van der Waals surface area contributed by atoms with Gasteiger partial charge in [-0.25, -0.2) is 0 Å². The lowest BCUT2D eigenvalue weighted by Crippen LogP contribution is -2.41. The number of aromatic hydroxyl groups is 1. The van der Waals surface area contributed by atoms with Gasteiger partial charge in [-0.3, -0.25) is 0 Å². The molecule has 1 aliphatic rings. The van der Waals surface area contributed by atoms with Crippen LogP contribution in [0.3, 0.4) is 0 Å². The van der Waals surface area contributed by atoms with Crippen molar-refractivity contribution in [1.29, 1.82) is 0 Å². The number of phenolic OH excluding ortho intramolecular Hbond substituents is 1. The molecule has 1 aromatic carbocycles. The summed E-state index contributed by atoms with van der Waals surface area (Å²) in [6.07, 6.45) is 0. The van der Waals surface area contributed by atoms with Gasteiger partial charge in [-0.05, 0) is 27.7 Å². The number of benzene rings is 1. The normalized spacial score (nSPS) is 20.8. The molecule has 1 N–H and O–H groups in total. The van der Waals surface area contributed by atoms with Crippen molar-refractivity contribution in [1.82, 2.24) is 0 Å². The van der Waals surface area contributed by atoms with E-state index in [0.29, 0.717) is 12.1 Å². The van der Waals surface area contributed by atoms with Crippen molar-refractivity contribution in [2.75, 3.05) is 7.11 Å². The summed E-state index contributed by atoms with van der Waals surface area (Å²) < 4.78 is 16.9. The van der Waals surface area contributed by atoms with E-state index in [1.54, 1.807) is 7.11 Å². The summed E-state index contributed by atoms with van der Waals surface area (Å²) in [5, 5.41) is 10.3. The van der Waals surface area contributed by atoms with E-state index in [0.717, 1.165) is 5.56 Å². The summed E-state index contributed by atoms with van der Waals surface area (Å²) in [7, 11) is 1.04. The number of phenols is 1. The molecule has 0 bridgehead atoms. The number of methoxy groups -OCH3 is 1. The maximum absolute atomic E-state index is 10.3. The zero-order chi connectivity index (χ0) is 14.3. The van der Waals surface area contributed by atoms with Crippen molar-refractivity contribution in [3.8, 4) is 5.75 Å². The van der Waals surface area contributed by atoms with Gasteiger partial charge in [0.05, 0.1) is 17.8 Å². The van der Waals surface area contributed by atoms with Crippen LogP contribution in [0.2, 0.25) is 0 Å². The van der Waals surface area contributed by atoms with E-state index in [2.05, 4.69) is 0 Å². The maximum Gasteiger partial charge on any atom is 0.498 e. The second-order valence-electron chi connectivity index (χ2n) is 5.88. The van der Waals surface area contributed by atoms with Crippen LogP contribution in [0, 0.1) is 0 Å². The lowest BCUT2D eigenvalue weighted by molar-refractivity contribution is 0.00578.